The number of hydrogen-bond acceptors (Lipinski definition) is 5. The largest absolute Gasteiger partial charge is 0.466 e. The minimum atomic E-state index is -0.111. The van der Waals surface area contributed by atoms with E-state index in [2.05, 4.69) is 34.2 Å². The molecular formula is C18H31IN4O3. The normalized spacial score (nSPS) is 17.8. The van der Waals surface area contributed by atoms with Crippen molar-refractivity contribution < 1.29 is 14.1 Å². The van der Waals surface area contributed by atoms with Crippen molar-refractivity contribution in [1.82, 2.24) is 15.4 Å². The van der Waals surface area contributed by atoms with Gasteiger partial charge in [0.1, 0.15) is 6.54 Å². The zero-order valence-corrected chi connectivity index (χ0v) is 18.5. The minimum absolute atomic E-state index is 0. The van der Waals surface area contributed by atoms with E-state index in [1.54, 1.807) is 0 Å². The molecule has 0 aliphatic carbocycles. The van der Waals surface area contributed by atoms with Gasteiger partial charge in [-0.1, -0.05) is 19.0 Å². The summed E-state index contributed by atoms with van der Waals surface area (Å²) in [5.41, 5.74) is 0.940. The molecule has 1 aliphatic heterocycles. The standard InChI is InChI=1S/C18H30N4O3.HI/c1-5-19-18(20-11-15-10-16(13(3)4)21-25-15)22-9-7-8-14(12-22)17(23)24-6-2;/h10,13-14H,5-9,11-12H2,1-4H3,(H,19,20);1H. The maximum Gasteiger partial charge on any atom is 0.310 e. The summed E-state index contributed by atoms with van der Waals surface area (Å²) >= 11 is 0. The highest BCUT2D eigenvalue weighted by atomic mass is 127. The van der Waals surface area contributed by atoms with Crippen LogP contribution in [0.15, 0.2) is 15.6 Å². The number of nitrogens with zero attached hydrogens (tertiary/aromatic N) is 3. The van der Waals surface area contributed by atoms with Crippen molar-refractivity contribution in [2.75, 3.05) is 26.2 Å². The number of esters is 1. The lowest BCUT2D eigenvalue weighted by molar-refractivity contribution is -0.149. The summed E-state index contributed by atoms with van der Waals surface area (Å²) in [5.74, 6) is 1.69. The van der Waals surface area contributed by atoms with Gasteiger partial charge in [-0.05, 0) is 32.6 Å². The Kier molecular flexibility index (Phi) is 9.97. The first kappa shape index (κ1) is 22.7. The third-order valence-electron chi connectivity index (χ3n) is 4.23. The van der Waals surface area contributed by atoms with E-state index in [1.165, 1.54) is 0 Å². The maximum atomic E-state index is 12.0. The Bertz CT molecular complexity index is 589. The quantitative estimate of drug-likeness (QED) is 0.293. The van der Waals surface area contributed by atoms with E-state index in [4.69, 9.17) is 9.26 Å². The van der Waals surface area contributed by atoms with Crippen molar-refractivity contribution >= 4 is 35.9 Å². The van der Waals surface area contributed by atoms with Gasteiger partial charge in [-0.15, -0.1) is 24.0 Å². The fourth-order valence-corrected chi connectivity index (χ4v) is 2.88. The molecule has 0 spiro atoms. The fourth-order valence-electron chi connectivity index (χ4n) is 2.88. The molecule has 0 saturated carbocycles. The molecule has 1 aromatic heterocycles. The Hall–Kier alpha value is -1.32. The molecule has 1 aliphatic rings. The summed E-state index contributed by atoms with van der Waals surface area (Å²) in [7, 11) is 0. The van der Waals surface area contributed by atoms with E-state index >= 15 is 0 Å². The third-order valence-corrected chi connectivity index (χ3v) is 4.23. The van der Waals surface area contributed by atoms with E-state index < -0.39 is 0 Å². The highest BCUT2D eigenvalue weighted by Gasteiger charge is 2.28. The molecule has 1 atom stereocenters. The van der Waals surface area contributed by atoms with Crippen molar-refractivity contribution in [3.63, 3.8) is 0 Å². The van der Waals surface area contributed by atoms with E-state index in [0.717, 1.165) is 43.3 Å². The lowest BCUT2D eigenvalue weighted by Crippen LogP contribution is -2.48. The molecular weight excluding hydrogens is 447 g/mol. The molecule has 7 nitrogen and oxygen atoms in total. The van der Waals surface area contributed by atoms with Crippen LogP contribution in [0.1, 0.15) is 57.9 Å². The van der Waals surface area contributed by atoms with Crippen molar-refractivity contribution in [3.05, 3.63) is 17.5 Å². The molecule has 148 valence electrons. The molecule has 0 bridgehead atoms. The first-order chi connectivity index (χ1) is 12.0. The van der Waals surface area contributed by atoms with Crippen molar-refractivity contribution in [2.24, 2.45) is 10.9 Å². The van der Waals surface area contributed by atoms with E-state index in [0.29, 0.717) is 25.6 Å². The van der Waals surface area contributed by atoms with Crippen LogP contribution < -0.4 is 5.32 Å². The molecule has 2 rings (SSSR count). The van der Waals surface area contributed by atoms with Crippen LogP contribution in [0.5, 0.6) is 0 Å². The van der Waals surface area contributed by atoms with Crippen LogP contribution in [-0.2, 0) is 16.1 Å². The van der Waals surface area contributed by atoms with Gasteiger partial charge in [-0.2, -0.15) is 0 Å². The van der Waals surface area contributed by atoms with E-state index in [9.17, 15) is 4.79 Å². The second-order valence-electron chi connectivity index (χ2n) is 6.58. The number of halogens is 1. The predicted octanol–water partition coefficient (Wildman–Crippen LogP) is 3.16. The van der Waals surface area contributed by atoms with Gasteiger partial charge in [0.15, 0.2) is 11.7 Å². The summed E-state index contributed by atoms with van der Waals surface area (Å²) in [5, 5.41) is 7.37. The molecule has 2 heterocycles. The number of carbonyl (C=O) groups excluding carboxylic acids is 1. The average Bonchev–Trinajstić information content (AvgIpc) is 3.08. The van der Waals surface area contributed by atoms with Gasteiger partial charge in [-0.25, -0.2) is 4.99 Å². The summed E-state index contributed by atoms with van der Waals surface area (Å²) < 4.78 is 10.5. The van der Waals surface area contributed by atoms with Crippen LogP contribution in [0.4, 0.5) is 0 Å². The van der Waals surface area contributed by atoms with Crippen molar-refractivity contribution in [3.8, 4) is 0 Å². The number of carbonyl (C=O) groups is 1. The summed E-state index contributed by atoms with van der Waals surface area (Å²) in [6, 6.07) is 1.95. The first-order valence-corrected chi connectivity index (χ1v) is 9.20. The van der Waals surface area contributed by atoms with Crippen LogP contribution in [0, 0.1) is 5.92 Å². The van der Waals surface area contributed by atoms with Gasteiger partial charge in [0.2, 0.25) is 0 Å². The number of piperidine rings is 1. The van der Waals surface area contributed by atoms with Crippen LogP contribution in [0.25, 0.3) is 0 Å². The second-order valence-corrected chi connectivity index (χ2v) is 6.58. The highest BCUT2D eigenvalue weighted by Crippen LogP contribution is 2.19. The van der Waals surface area contributed by atoms with Crippen LogP contribution >= 0.6 is 24.0 Å². The third kappa shape index (κ3) is 6.44. The van der Waals surface area contributed by atoms with Crippen LogP contribution in [-0.4, -0.2) is 48.2 Å². The Labute approximate surface area is 172 Å². The fraction of sp³-hybridized carbons (Fsp3) is 0.722. The van der Waals surface area contributed by atoms with Gasteiger partial charge in [0.05, 0.1) is 18.2 Å². The highest BCUT2D eigenvalue weighted by molar-refractivity contribution is 14.0. The zero-order chi connectivity index (χ0) is 18.2. The molecule has 0 aromatic carbocycles. The molecule has 1 unspecified atom stereocenters. The smallest absolute Gasteiger partial charge is 0.310 e. The number of aromatic nitrogens is 1. The molecule has 1 aromatic rings. The summed E-state index contributed by atoms with van der Waals surface area (Å²) in [6.45, 7) is 11.2. The topological polar surface area (TPSA) is 80.0 Å². The van der Waals surface area contributed by atoms with Gasteiger partial charge in [0, 0.05) is 25.7 Å². The summed E-state index contributed by atoms with van der Waals surface area (Å²) in [4.78, 5) is 18.8. The Morgan fingerprint density at radius 2 is 2.27 bits per heavy atom. The summed E-state index contributed by atoms with van der Waals surface area (Å²) in [6.07, 6.45) is 1.82. The SMILES string of the molecule is CCNC(=NCc1cc(C(C)C)no1)N1CCCC(C(=O)OCC)C1.I. The lowest BCUT2D eigenvalue weighted by atomic mass is 9.98. The Morgan fingerprint density at radius 1 is 1.50 bits per heavy atom. The zero-order valence-electron chi connectivity index (χ0n) is 16.2. The van der Waals surface area contributed by atoms with Crippen molar-refractivity contribution in [1.29, 1.82) is 0 Å². The first-order valence-electron chi connectivity index (χ1n) is 9.20. The molecule has 8 heteroatoms. The molecule has 1 N–H and O–H groups in total. The minimum Gasteiger partial charge on any atom is -0.466 e. The molecule has 0 amide bonds. The Morgan fingerprint density at radius 3 is 2.88 bits per heavy atom. The number of nitrogens with one attached hydrogen (secondary N) is 1. The van der Waals surface area contributed by atoms with Gasteiger partial charge in [-0.3, -0.25) is 4.79 Å². The van der Waals surface area contributed by atoms with E-state index in [1.807, 2.05) is 19.9 Å². The molecule has 0 radical (unpaired) electrons. The van der Waals surface area contributed by atoms with Crippen molar-refractivity contribution in [2.45, 2.75) is 53.0 Å². The van der Waals surface area contributed by atoms with Crippen LogP contribution in [0.2, 0.25) is 0 Å². The second kappa shape index (κ2) is 11.4. The number of guanidine groups is 1. The maximum absolute atomic E-state index is 12.0. The molecule has 1 fully saturated rings. The number of rotatable bonds is 6. The van der Waals surface area contributed by atoms with Crippen LogP contribution in [0.3, 0.4) is 0 Å². The van der Waals surface area contributed by atoms with Gasteiger partial charge >= 0.3 is 5.97 Å². The van der Waals surface area contributed by atoms with E-state index in [-0.39, 0.29) is 35.9 Å². The Balaban J connectivity index is 0.00000338. The monoisotopic (exact) mass is 478 g/mol. The number of likely N-dealkylation sites (tertiary alicyclic amines) is 1. The molecule has 26 heavy (non-hydrogen) atoms. The predicted molar refractivity (Wildman–Crippen MR) is 112 cm³/mol. The lowest BCUT2D eigenvalue weighted by Gasteiger charge is -2.33. The number of hydrogen-bond donors (Lipinski definition) is 1. The molecule has 1 saturated heterocycles. The van der Waals surface area contributed by atoms with Gasteiger partial charge < -0.3 is 19.5 Å². The van der Waals surface area contributed by atoms with Gasteiger partial charge in [0.25, 0.3) is 0 Å². The average molecular weight is 478 g/mol. The number of ether oxygens (including phenoxy) is 1. The number of aliphatic imine (C=N–C) groups is 1.